The molecule has 0 saturated carbocycles. The molecule has 0 amide bonds. The van der Waals surface area contributed by atoms with Crippen LogP contribution in [0, 0.1) is 5.92 Å². The highest BCUT2D eigenvalue weighted by molar-refractivity contribution is 5.45. The van der Waals surface area contributed by atoms with Crippen LogP contribution in [0.3, 0.4) is 0 Å². The Bertz CT molecular complexity index is 297. The van der Waals surface area contributed by atoms with Crippen LogP contribution in [0.4, 0.5) is 5.69 Å². The van der Waals surface area contributed by atoms with Gasteiger partial charge in [0, 0.05) is 18.8 Å². The largest absolute Gasteiger partial charge is 0.396 e. The van der Waals surface area contributed by atoms with Gasteiger partial charge in [0.1, 0.15) is 0 Å². The van der Waals surface area contributed by atoms with Gasteiger partial charge in [-0.1, -0.05) is 26.0 Å². The van der Waals surface area contributed by atoms with E-state index in [-0.39, 0.29) is 6.61 Å². The van der Waals surface area contributed by atoms with E-state index in [1.165, 1.54) is 17.7 Å². The van der Waals surface area contributed by atoms with Crippen LogP contribution in [0.2, 0.25) is 0 Å². The average Bonchev–Trinajstić information content (AvgIpc) is 2.26. The van der Waals surface area contributed by atoms with Gasteiger partial charge in [-0.3, -0.25) is 0 Å². The molecule has 0 atom stereocenters. The van der Waals surface area contributed by atoms with Crippen LogP contribution in [-0.4, -0.2) is 18.3 Å². The number of aliphatic hydroxyl groups is 1. The molecule has 0 spiro atoms. The first kappa shape index (κ1) is 13.0. The molecule has 2 N–H and O–H groups in total. The average molecular weight is 221 g/mol. The molecule has 0 radical (unpaired) electrons. The zero-order valence-electron chi connectivity index (χ0n) is 10.4. The molecule has 1 rings (SSSR count). The van der Waals surface area contributed by atoms with Gasteiger partial charge in [0.05, 0.1) is 0 Å². The number of benzene rings is 1. The van der Waals surface area contributed by atoms with Gasteiger partial charge >= 0.3 is 0 Å². The number of hydrogen-bond acceptors (Lipinski definition) is 2. The van der Waals surface area contributed by atoms with Crippen molar-refractivity contribution in [2.75, 3.05) is 18.5 Å². The number of anilines is 1. The van der Waals surface area contributed by atoms with Crippen molar-refractivity contribution in [1.29, 1.82) is 0 Å². The molecule has 16 heavy (non-hydrogen) atoms. The van der Waals surface area contributed by atoms with Crippen molar-refractivity contribution in [1.82, 2.24) is 0 Å². The summed E-state index contributed by atoms with van der Waals surface area (Å²) in [6, 6.07) is 8.46. The second kappa shape index (κ2) is 7.29. The molecule has 2 heteroatoms. The third-order valence-corrected chi connectivity index (χ3v) is 2.60. The van der Waals surface area contributed by atoms with Gasteiger partial charge in [0.15, 0.2) is 0 Å². The van der Waals surface area contributed by atoms with E-state index in [0.29, 0.717) is 0 Å². The highest BCUT2D eigenvalue weighted by Crippen LogP contribution is 2.12. The van der Waals surface area contributed by atoms with Crippen molar-refractivity contribution in [2.45, 2.75) is 33.1 Å². The summed E-state index contributed by atoms with van der Waals surface area (Å²) in [6.07, 6.45) is 2.99. The summed E-state index contributed by atoms with van der Waals surface area (Å²) < 4.78 is 0. The monoisotopic (exact) mass is 221 g/mol. The molecular formula is C14H23NO. The highest BCUT2D eigenvalue weighted by atomic mass is 16.2. The van der Waals surface area contributed by atoms with Crippen LogP contribution in [0.1, 0.15) is 32.3 Å². The van der Waals surface area contributed by atoms with Crippen molar-refractivity contribution in [3.8, 4) is 0 Å². The molecule has 0 saturated heterocycles. The van der Waals surface area contributed by atoms with Crippen molar-refractivity contribution < 1.29 is 5.11 Å². The minimum absolute atomic E-state index is 0.269. The molecule has 2 nitrogen and oxygen atoms in total. The molecule has 90 valence electrons. The van der Waals surface area contributed by atoms with E-state index in [4.69, 9.17) is 5.11 Å². The third kappa shape index (κ3) is 5.17. The molecule has 0 bridgehead atoms. The minimum Gasteiger partial charge on any atom is -0.396 e. The Morgan fingerprint density at radius 1 is 1.31 bits per heavy atom. The summed E-state index contributed by atoms with van der Waals surface area (Å²) in [5, 5.41) is 12.2. The zero-order chi connectivity index (χ0) is 11.8. The summed E-state index contributed by atoms with van der Waals surface area (Å²) >= 11 is 0. The lowest BCUT2D eigenvalue weighted by atomic mass is 10.1. The molecule has 0 heterocycles. The standard InChI is InChI=1S/C14H23NO/c1-12(2)8-9-15-14-7-3-5-13(11-14)6-4-10-16/h3,5,7,11-12,15-16H,4,6,8-10H2,1-2H3. The van der Waals surface area contributed by atoms with Gasteiger partial charge in [-0.2, -0.15) is 0 Å². The maximum atomic E-state index is 8.78. The predicted molar refractivity (Wildman–Crippen MR) is 69.8 cm³/mol. The fourth-order valence-electron chi connectivity index (χ4n) is 1.63. The highest BCUT2D eigenvalue weighted by Gasteiger charge is 1.97. The molecular weight excluding hydrogens is 198 g/mol. The van der Waals surface area contributed by atoms with Crippen LogP contribution in [0.25, 0.3) is 0 Å². The molecule has 1 aromatic rings. The molecule has 1 aromatic carbocycles. The van der Waals surface area contributed by atoms with Gasteiger partial charge in [-0.15, -0.1) is 0 Å². The first-order valence-electron chi connectivity index (χ1n) is 6.16. The summed E-state index contributed by atoms with van der Waals surface area (Å²) in [4.78, 5) is 0. The quantitative estimate of drug-likeness (QED) is 0.741. The van der Waals surface area contributed by atoms with E-state index < -0.39 is 0 Å². The lowest BCUT2D eigenvalue weighted by Crippen LogP contribution is -2.04. The predicted octanol–water partition coefficient (Wildman–Crippen LogP) is 3.07. The van der Waals surface area contributed by atoms with Gasteiger partial charge < -0.3 is 10.4 Å². The normalized spacial score (nSPS) is 10.8. The topological polar surface area (TPSA) is 32.3 Å². The maximum Gasteiger partial charge on any atom is 0.0434 e. The van der Waals surface area contributed by atoms with Crippen LogP contribution in [-0.2, 0) is 6.42 Å². The van der Waals surface area contributed by atoms with E-state index in [9.17, 15) is 0 Å². The van der Waals surface area contributed by atoms with Crippen molar-refractivity contribution in [3.05, 3.63) is 29.8 Å². The number of aliphatic hydroxyl groups excluding tert-OH is 1. The van der Waals surface area contributed by atoms with Crippen molar-refractivity contribution >= 4 is 5.69 Å². The second-order valence-electron chi connectivity index (χ2n) is 4.64. The Labute approximate surface area is 98.7 Å². The fourth-order valence-corrected chi connectivity index (χ4v) is 1.63. The van der Waals surface area contributed by atoms with Crippen LogP contribution < -0.4 is 5.32 Å². The lowest BCUT2D eigenvalue weighted by Gasteiger charge is -2.09. The molecule has 0 aliphatic heterocycles. The molecule has 0 unspecified atom stereocenters. The zero-order valence-corrected chi connectivity index (χ0v) is 10.4. The van der Waals surface area contributed by atoms with Gasteiger partial charge in [0.2, 0.25) is 0 Å². The van der Waals surface area contributed by atoms with Gasteiger partial charge in [-0.05, 0) is 42.9 Å². The maximum absolute atomic E-state index is 8.78. The lowest BCUT2D eigenvalue weighted by molar-refractivity contribution is 0.288. The molecule has 0 aliphatic rings. The van der Waals surface area contributed by atoms with E-state index in [1.807, 2.05) is 0 Å². The Morgan fingerprint density at radius 3 is 2.81 bits per heavy atom. The summed E-state index contributed by atoms with van der Waals surface area (Å²) in [6.45, 7) is 5.77. The summed E-state index contributed by atoms with van der Waals surface area (Å²) in [5.74, 6) is 0.741. The number of rotatable bonds is 7. The van der Waals surface area contributed by atoms with Crippen LogP contribution in [0.15, 0.2) is 24.3 Å². The SMILES string of the molecule is CC(C)CCNc1cccc(CCCO)c1. The third-order valence-electron chi connectivity index (χ3n) is 2.60. The van der Waals surface area contributed by atoms with Gasteiger partial charge in [0.25, 0.3) is 0 Å². The number of aryl methyl sites for hydroxylation is 1. The van der Waals surface area contributed by atoms with E-state index >= 15 is 0 Å². The Morgan fingerprint density at radius 2 is 2.12 bits per heavy atom. The molecule has 0 aromatic heterocycles. The second-order valence-corrected chi connectivity index (χ2v) is 4.64. The number of hydrogen-bond donors (Lipinski definition) is 2. The number of nitrogens with one attached hydrogen (secondary N) is 1. The summed E-state index contributed by atoms with van der Waals surface area (Å²) in [5.41, 5.74) is 2.49. The Balaban J connectivity index is 2.40. The van der Waals surface area contributed by atoms with E-state index in [2.05, 4.69) is 43.4 Å². The van der Waals surface area contributed by atoms with Crippen molar-refractivity contribution in [3.63, 3.8) is 0 Å². The first-order chi connectivity index (χ1) is 7.72. The van der Waals surface area contributed by atoms with E-state index in [0.717, 1.165) is 25.3 Å². The van der Waals surface area contributed by atoms with Crippen LogP contribution >= 0.6 is 0 Å². The molecule has 0 aliphatic carbocycles. The van der Waals surface area contributed by atoms with Crippen LogP contribution in [0.5, 0.6) is 0 Å². The first-order valence-corrected chi connectivity index (χ1v) is 6.16. The fraction of sp³-hybridized carbons (Fsp3) is 0.571. The molecule has 0 fully saturated rings. The van der Waals surface area contributed by atoms with E-state index in [1.54, 1.807) is 0 Å². The summed E-state index contributed by atoms with van der Waals surface area (Å²) in [7, 11) is 0. The Hall–Kier alpha value is -1.02. The Kier molecular flexibility index (Phi) is 5.94. The van der Waals surface area contributed by atoms with Crippen molar-refractivity contribution in [2.24, 2.45) is 5.92 Å². The van der Waals surface area contributed by atoms with Gasteiger partial charge in [-0.25, -0.2) is 0 Å². The smallest absolute Gasteiger partial charge is 0.0434 e. The minimum atomic E-state index is 0.269.